The smallest absolute Gasteiger partial charge is 0.316 e. The van der Waals surface area contributed by atoms with Gasteiger partial charge in [-0.1, -0.05) is 18.7 Å². The second-order valence-corrected chi connectivity index (χ2v) is 5.95. The third-order valence-corrected chi connectivity index (χ3v) is 4.66. The van der Waals surface area contributed by atoms with E-state index >= 15 is 0 Å². The summed E-state index contributed by atoms with van der Waals surface area (Å²) in [5.74, 6) is 5.71. The van der Waals surface area contributed by atoms with Crippen LogP contribution in [0.1, 0.15) is 18.7 Å². The van der Waals surface area contributed by atoms with Crippen molar-refractivity contribution in [2.24, 2.45) is 5.84 Å². The first kappa shape index (κ1) is 15.0. The summed E-state index contributed by atoms with van der Waals surface area (Å²) in [4.78, 5) is 22.2. The van der Waals surface area contributed by atoms with Gasteiger partial charge in [0.25, 0.3) is 0 Å². The van der Waals surface area contributed by atoms with Crippen LogP contribution in [0, 0.1) is 0 Å². The number of thiophene rings is 1. The number of anilines is 1. The van der Waals surface area contributed by atoms with Crippen LogP contribution in [0.3, 0.4) is 0 Å². The molecule has 0 aliphatic carbocycles. The number of aryl methyl sites for hydroxylation is 1. The molecule has 0 fully saturated rings. The third kappa shape index (κ3) is 3.38. The van der Waals surface area contributed by atoms with Crippen LogP contribution in [-0.2, 0) is 16.0 Å². The number of hydrogen-bond donors (Lipinski definition) is 2. The van der Waals surface area contributed by atoms with Crippen molar-refractivity contribution in [1.29, 1.82) is 0 Å². The van der Waals surface area contributed by atoms with Crippen LogP contribution in [0.15, 0.2) is 11.1 Å². The van der Waals surface area contributed by atoms with Crippen LogP contribution in [0.5, 0.6) is 0 Å². The maximum Gasteiger partial charge on any atom is 0.316 e. The molecule has 0 saturated carbocycles. The number of carbonyl (C=O) groups excluding carboxylic acids is 1. The molecular weight excluding hydrogens is 296 g/mol. The van der Waals surface area contributed by atoms with Crippen molar-refractivity contribution < 1.29 is 9.53 Å². The molecule has 2 aromatic heterocycles. The standard InChI is InChI=1S/C12H16N4O2S2/c1-3-7-5-8-10(19-6-9(17)18-4-2)14-12(16-13)15-11(8)20-7/h5H,3-4,6,13H2,1-2H3,(H,14,15,16). The Hall–Kier alpha value is -1.38. The molecule has 2 rings (SSSR count). The molecule has 0 atom stereocenters. The number of nitrogens with two attached hydrogens (primary N) is 1. The molecule has 8 heteroatoms. The minimum atomic E-state index is -0.252. The molecule has 0 amide bonds. The summed E-state index contributed by atoms with van der Waals surface area (Å²) < 4.78 is 4.92. The molecule has 0 aliphatic heterocycles. The summed E-state index contributed by atoms with van der Waals surface area (Å²) in [7, 11) is 0. The van der Waals surface area contributed by atoms with E-state index in [2.05, 4.69) is 28.4 Å². The Kier molecular flexibility index (Phi) is 5.16. The molecule has 0 radical (unpaired) electrons. The SMILES string of the molecule is CCOC(=O)CSc1nc(NN)nc2sc(CC)cc12. The number of hydrogen-bond acceptors (Lipinski definition) is 8. The zero-order valence-electron chi connectivity index (χ0n) is 11.3. The summed E-state index contributed by atoms with van der Waals surface area (Å²) in [6.45, 7) is 4.26. The summed E-state index contributed by atoms with van der Waals surface area (Å²) in [6.07, 6.45) is 0.939. The first-order valence-corrected chi connectivity index (χ1v) is 8.03. The molecule has 6 nitrogen and oxygen atoms in total. The van der Waals surface area contributed by atoms with Gasteiger partial charge in [0.05, 0.1) is 12.4 Å². The number of fused-ring (bicyclic) bond motifs is 1. The number of esters is 1. The van der Waals surface area contributed by atoms with E-state index in [9.17, 15) is 4.79 Å². The highest BCUT2D eigenvalue weighted by Gasteiger charge is 2.13. The van der Waals surface area contributed by atoms with E-state index in [-0.39, 0.29) is 11.7 Å². The van der Waals surface area contributed by atoms with Crippen molar-refractivity contribution in [3.63, 3.8) is 0 Å². The van der Waals surface area contributed by atoms with Crippen molar-refractivity contribution in [3.8, 4) is 0 Å². The van der Waals surface area contributed by atoms with E-state index in [0.717, 1.165) is 21.7 Å². The van der Waals surface area contributed by atoms with Crippen LogP contribution < -0.4 is 11.3 Å². The van der Waals surface area contributed by atoms with Crippen molar-refractivity contribution >= 4 is 45.2 Å². The van der Waals surface area contributed by atoms with Crippen molar-refractivity contribution in [3.05, 3.63) is 10.9 Å². The molecule has 0 aromatic carbocycles. The Balaban J connectivity index is 2.29. The number of thioether (sulfide) groups is 1. The van der Waals surface area contributed by atoms with Crippen molar-refractivity contribution in [2.45, 2.75) is 25.3 Å². The van der Waals surface area contributed by atoms with Gasteiger partial charge in [0, 0.05) is 10.3 Å². The molecule has 0 unspecified atom stereocenters. The highest BCUT2D eigenvalue weighted by Crippen LogP contribution is 2.32. The lowest BCUT2D eigenvalue weighted by atomic mass is 10.3. The van der Waals surface area contributed by atoms with E-state index < -0.39 is 0 Å². The molecular formula is C12H16N4O2S2. The quantitative estimate of drug-likeness (QED) is 0.278. The molecule has 0 saturated heterocycles. The average Bonchev–Trinajstić information content (AvgIpc) is 2.87. The predicted molar refractivity (Wildman–Crippen MR) is 82.0 cm³/mol. The average molecular weight is 312 g/mol. The van der Waals surface area contributed by atoms with E-state index in [1.165, 1.54) is 16.6 Å². The predicted octanol–water partition coefficient (Wildman–Crippen LogP) is 2.19. The van der Waals surface area contributed by atoms with Gasteiger partial charge >= 0.3 is 5.97 Å². The zero-order chi connectivity index (χ0) is 14.5. The molecule has 2 aromatic rings. The zero-order valence-corrected chi connectivity index (χ0v) is 12.9. The number of nitrogen functional groups attached to an aromatic ring is 1. The van der Waals surface area contributed by atoms with Gasteiger partial charge in [0.1, 0.15) is 9.86 Å². The number of ether oxygens (including phenoxy) is 1. The fourth-order valence-electron chi connectivity index (χ4n) is 1.62. The Morgan fingerprint density at radius 1 is 1.50 bits per heavy atom. The second-order valence-electron chi connectivity index (χ2n) is 3.88. The molecule has 0 bridgehead atoms. The molecule has 0 aliphatic rings. The number of hydrazine groups is 1. The fraction of sp³-hybridized carbons (Fsp3) is 0.417. The van der Waals surface area contributed by atoms with E-state index in [1.54, 1.807) is 18.3 Å². The minimum absolute atomic E-state index is 0.223. The number of nitrogens with one attached hydrogen (secondary N) is 1. The van der Waals surface area contributed by atoms with Gasteiger partial charge in [-0.05, 0) is 19.4 Å². The van der Waals surface area contributed by atoms with Crippen LogP contribution in [0.2, 0.25) is 0 Å². The molecule has 3 N–H and O–H groups in total. The lowest BCUT2D eigenvalue weighted by molar-refractivity contribution is -0.139. The first-order chi connectivity index (χ1) is 9.67. The van der Waals surface area contributed by atoms with Gasteiger partial charge < -0.3 is 4.74 Å². The minimum Gasteiger partial charge on any atom is -0.465 e. The van der Waals surface area contributed by atoms with Crippen molar-refractivity contribution in [2.75, 3.05) is 17.8 Å². The Bertz CT molecular complexity index is 615. The summed E-state index contributed by atoms with van der Waals surface area (Å²) in [5, 5.41) is 1.70. The van der Waals surface area contributed by atoms with Crippen molar-refractivity contribution in [1.82, 2.24) is 9.97 Å². The van der Waals surface area contributed by atoms with E-state index in [0.29, 0.717) is 12.6 Å². The van der Waals surface area contributed by atoms with Gasteiger partial charge in [-0.3, -0.25) is 10.2 Å². The van der Waals surface area contributed by atoms with Gasteiger partial charge in [-0.2, -0.15) is 0 Å². The number of carbonyl (C=O) groups is 1. The summed E-state index contributed by atoms with van der Waals surface area (Å²) >= 11 is 2.95. The fourth-order valence-corrected chi connectivity index (χ4v) is 3.46. The van der Waals surface area contributed by atoms with Gasteiger partial charge in [0.15, 0.2) is 0 Å². The Labute approximate surface area is 125 Å². The highest BCUT2D eigenvalue weighted by atomic mass is 32.2. The summed E-state index contributed by atoms with van der Waals surface area (Å²) in [5.41, 5.74) is 2.45. The Morgan fingerprint density at radius 2 is 2.30 bits per heavy atom. The van der Waals surface area contributed by atoms with Gasteiger partial charge in [-0.15, -0.1) is 11.3 Å². The van der Waals surface area contributed by atoms with Crippen LogP contribution >= 0.6 is 23.1 Å². The normalized spacial score (nSPS) is 10.8. The topological polar surface area (TPSA) is 90.1 Å². The molecule has 20 heavy (non-hydrogen) atoms. The van der Waals surface area contributed by atoms with Gasteiger partial charge in [0.2, 0.25) is 5.95 Å². The molecule has 108 valence electrons. The Morgan fingerprint density at radius 3 is 2.95 bits per heavy atom. The number of aromatic nitrogens is 2. The largest absolute Gasteiger partial charge is 0.465 e. The number of rotatable bonds is 6. The summed E-state index contributed by atoms with van der Waals surface area (Å²) in [6, 6.07) is 2.06. The highest BCUT2D eigenvalue weighted by molar-refractivity contribution is 8.00. The molecule has 2 heterocycles. The maximum atomic E-state index is 11.4. The monoisotopic (exact) mass is 312 g/mol. The van der Waals surface area contributed by atoms with Crippen LogP contribution in [0.4, 0.5) is 5.95 Å². The van der Waals surface area contributed by atoms with E-state index in [1.807, 2.05) is 0 Å². The second kappa shape index (κ2) is 6.87. The maximum absolute atomic E-state index is 11.4. The lowest BCUT2D eigenvalue weighted by Crippen LogP contribution is -2.11. The van der Waals surface area contributed by atoms with Crippen LogP contribution in [-0.4, -0.2) is 28.3 Å². The third-order valence-electron chi connectivity index (χ3n) is 2.52. The molecule has 0 spiro atoms. The number of nitrogens with zero attached hydrogens (tertiary/aromatic N) is 2. The first-order valence-electron chi connectivity index (χ1n) is 6.23. The lowest BCUT2D eigenvalue weighted by Gasteiger charge is -2.05. The van der Waals surface area contributed by atoms with Gasteiger partial charge in [-0.25, -0.2) is 15.8 Å². The van der Waals surface area contributed by atoms with Crippen LogP contribution in [0.25, 0.3) is 10.2 Å². The van der Waals surface area contributed by atoms with E-state index in [4.69, 9.17) is 10.6 Å².